The largest absolute Gasteiger partial charge is 0.271 e. The molecular formula is C16H26N2. The number of aryl methyl sites for hydroxylation is 2. The van der Waals surface area contributed by atoms with Crippen molar-refractivity contribution in [1.82, 2.24) is 5.43 Å². The van der Waals surface area contributed by atoms with Crippen molar-refractivity contribution >= 4 is 0 Å². The van der Waals surface area contributed by atoms with Crippen LogP contribution >= 0.6 is 0 Å². The van der Waals surface area contributed by atoms with E-state index >= 15 is 0 Å². The van der Waals surface area contributed by atoms with Crippen LogP contribution in [0.15, 0.2) is 18.2 Å². The van der Waals surface area contributed by atoms with Gasteiger partial charge in [-0.25, -0.2) is 0 Å². The molecule has 1 aliphatic rings. The highest BCUT2D eigenvalue weighted by Crippen LogP contribution is 2.27. The van der Waals surface area contributed by atoms with Gasteiger partial charge in [-0.1, -0.05) is 50.8 Å². The fourth-order valence-electron chi connectivity index (χ4n) is 2.93. The molecule has 0 spiro atoms. The first-order valence-corrected chi connectivity index (χ1v) is 7.43. The predicted molar refractivity (Wildman–Crippen MR) is 77.3 cm³/mol. The maximum Gasteiger partial charge on any atom is 0.0460 e. The lowest BCUT2D eigenvalue weighted by atomic mass is 9.97. The van der Waals surface area contributed by atoms with E-state index in [1.807, 2.05) is 0 Å². The van der Waals surface area contributed by atoms with E-state index in [2.05, 4.69) is 30.5 Å². The van der Waals surface area contributed by atoms with E-state index in [0.717, 1.165) is 6.42 Å². The predicted octanol–water partition coefficient (Wildman–Crippen LogP) is 3.65. The summed E-state index contributed by atoms with van der Waals surface area (Å²) in [4.78, 5) is 0. The molecule has 100 valence electrons. The standard InChI is InChI=1S/C16H26N2/c1-2-3-4-5-9-16(18-17)15-11-10-13-7-6-8-14(13)12-15/h10-12,16,18H,2-9,17H2,1H3. The third-order valence-electron chi connectivity index (χ3n) is 4.07. The van der Waals surface area contributed by atoms with Gasteiger partial charge in [0, 0.05) is 6.04 Å². The zero-order valence-electron chi connectivity index (χ0n) is 11.5. The molecule has 1 aromatic rings. The molecule has 0 amide bonds. The lowest BCUT2D eigenvalue weighted by Crippen LogP contribution is -2.28. The Morgan fingerprint density at radius 2 is 2.00 bits per heavy atom. The number of hydrogen-bond acceptors (Lipinski definition) is 2. The number of nitrogens with two attached hydrogens (primary N) is 1. The van der Waals surface area contributed by atoms with Crippen LogP contribution in [0.5, 0.6) is 0 Å². The SMILES string of the molecule is CCCCCCC(NN)c1ccc2c(c1)CCC2. The molecule has 0 heterocycles. The average molecular weight is 246 g/mol. The van der Waals surface area contributed by atoms with E-state index in [4.69, 9.17) is 5.84 Å². The Balaban J connectivity index is 1.94. The highest BCUT2D eigenvalue weighted by Gasteiger charge is 2.14. The number of hydrazine groups is 1. The molecule has 1 aliphatic carbocycles. The molecule has 0 aliphatic heterocycles. The first-order valence-electron chi connectivity index (χ1n) is 7.43. The fraction of sp³-hybridized carbons (Fsp3) is 0.625. The van der Waals surface area contributed by atoms with Gasteiger partial charge in [0.2, 0.25) is 0 Å². The molecule has 0 aromatic heterocycles. The zero-order chi connectivity index (χ0) is 12.8. The quantitative estimate of drug-likeness (QED) is 0.438. The number of rotatable bonds is 7. The molecule has 0 bridgehead atoms. The molecule has 2 rings (SSSR count). The molecule has 0 saturated carbocycles. The first-order chi connectivity index (χ1) is 8.85. The van der Waals surface area contributed by atoms with Crippen LogP contribution in [0.3, 0.4) is 0 Å². The van der Waals surface area contributed by atoms with E-state index in [0.29, 0.717) is 6.04 Å². The van der Waals surface area contributed by atoms with Crippen LogP contribution in [0.4, 0.5) is 0 Å². The summed E-state index contributed by atoms with van der Waals surface area (Å²) in [6, 6.07) is 7.25. The molecule has 2 heteroatoms. The van der Waals surface area contributed by atoms with Crippen LogP contribution in [0, 0.1) is 0 Å². The summed E-state index contributed by atoms with van der Waals surface area (Å²) in [5, 5.41) is 0. The van der Waals surface area contributed by atoms with E-state index < -0.39 is 0 Å². The Labute approximate surface area is 111 Å². The Morgan fingerprint density at radius 3 is 2.78 bits per heavy atom. The Kier molecular flexibility index (Phi) is 5.21. The van der Waals surface area contributed by atoms with Gasteiger partial charge in [-0.3, -0.25) is 11.3 Å². The van der Waals surface area contributed by atoms with Gasteiger partial charge in [0.1, 0.15) is 0 Å². The van der Waals surface area contributed by atoms with Crippen LogP contribution in [-0.2, 0) is 12.8 Å². The van der Waals surface area contributed by atoms with Crippen molar-refractivity contribution in [2.45, 2.75) is 64.3 Å². The number of unbranched alkanes of at least 4 members (excludes halogenated alkanes) is 3. The minimum absolute atomic E-state index is 0.327. The van der Waals surface area contributed by atoms with Gasteiger partial charge >= 0.3 is 0 Å². The maximum absolute atomic E-state index is 5.71. The van der Waals surface area contributed by atoms with Crippen molar-refractivity contribution in [3.63, 3.8) is 0 Å². The molecule has 18 heavy (non-hydrogen) atoms. The monoisotopic (exact) mass is 246 g/mol. The lowest BCUT2D eigenvalue weighted by Gasteiger charge is -2.17. The van der Waals surface area contributed by atoms with Gasteiger partial charge in [0.25, 0.3) is 0 Å². The summed E-state index contributed by atoms with van der Waals surface area (Å²) >= 11 is 0. The van der Waals surface area contributed by atoms with Gasteiger partial charge in [0.05, 0.1) is 0 Å². The van der Waals surface area contributed by atoms with Crippen molar-refractivity contribution in [3.8, 4) is 0 Å². The average Bonchev–Trinajstić information content (AvgIpc) is 2.86. The van der Waals surface area contributed by atoms with Gasteiger partial charge in [0.15, 0.2) is 0 Å². The number of nitrogens with one attached hydrogen (secondary N) is 1. The van der Waals surface area contributed by atoms with E-state index in [-0.39, 0.29) is 0 Å². The number of fused-ring (bicyclic) bond motifs is 1. The molecular weight excluding hydrogens is 220 g/mol. The second kappa shape index (κ2) is 6.91. The van der Waals surface area contributed by atoms with Gasteiger partial charge in [-0.15, -0.1) is 0 Å². The van der Waals surface area contributed by atoms with Crippen molar-refractivity contribution in [1.29, 1.82) is 0 Å². The molecule has 1 unspecified atom stereocenters. The first kappa shape index (κ1) is 13.6. The Hall–Kier alpha value is -0.860. The second-order valence-corrected chi connectivity index (χ2v) is 5.45. The molecule has 1 aromatic carbocycles. The minimum Gasteiger partial charge on any atom is -0.271 e. The zero-order valence-corrected chi connectivity index (χ0v) is 11.5. The van der Waals surface area contributed by atoms with Crippen molar-refractivity contribution in [3.05, 3.63) is 34.9 Å². The smallest absolute Gasteiger partial charge is 0.0460 e. The summed E-state index contributed by atoms with van der Waals surface area (Å²) in [6.07, 6.45) is 10.2. The van der Waals surface area contributed by atoms with Crippen molar-refractivity contribution in [2.75, 3.05) is 0 Å². The highest BCUT2D eigenvalue weighted by atomic mass is 15.2. The van der Waals surface area contributed by atoms with Crippen LogP contribution in [-0.4, -0.2) is 0 Å². The van der Waals surface area contributed by atoms with E-state index in [9.17, 15) is 0 Å². The summed E-state index contributed by atoms with van der Waals surface area (Å²) in [5.41, 5.74) is 7.44. The van der Waals surface area contributed by atoms with Crippen LogP contribution in [0.2, 0.25) is 0 Å². The van der Waals surface area contributed by atoms with E-state index in [1.165, 1.54) is 50.5 Å². The van der Waals surface area contributed by atoms with Crippen molar-refractivity contribution < 1.29 is 0 Å². The van der Waals surface area contributed by atoms with Crippen LogP contribution < -0.4 is 11.3 Å². The fourth-order valence-corrected chi connectivity index (χ4v) is 2.93. The third-order valence-corrected chi connectivity index (χ3v) is 4.07. The molecule has 1 atom stereocenters. The molecule has 2 nitrogen and oxygen atoms in total. The van der Waals surface area contributed by atoms with E-state index in [1.54, 1.807) is 11.1 Å². The molecule has 0 radical (unpaired) electrons. The molecule has 3 N–H and O–H groups in total. The Morgan fingerprint density at radius 1 is 1.17 bits per heavy atom. The number of benzene rings is 1. The summed E-state index contributed by atoms with van der Waals surface area (Å²) in [6.45, 7) is 2.25. The summed E-state index contributed by atoms with van der Waals surface area (Å²) < 4.78 is 0. The van der Waals surface area contributed by atoms with Gasteiger partial charge in [-0.05, 0) is 42.4 Å². The van der Waals surface area contributed by atoms with Crippen LogP contribution in [0.1, 0.15) is 68.2 Å². The topological polar surface area (TPSA) is 38.0 Å². The summed E-state index contributed by atoms with van der Waals surface area (Å²) in [5.74, 6) is 5.71. The maximum atomic E-state index is 5.71. The second-order valence-electron chi connectivity index (χ2n) is 5.45. The third kappa shape index (κ3) is 3.33. The highest BCUT2D eigenvalue weighted by molar-refractivity contribution is 5.36. The number of hydrogen-bond donors (Lipinski definition) is 2. The minimum atomic E-state index is 0.327. The van der Waals surface area contributed by atoms with Gasteiger partial charge in [-0.2, -0.15) is 0 Å². The van der Waals surface area contributed by atoms with Crippen LogP contribution in [0.25, 0.3) is 0 Å². The normalized spacial score (nSPS) is 15.7. The Bertz CT molecular complexity index is 373. The molecule has 0 fully saturated rings. The summed E-state index contributed by atoms with van der Waals surface area (Å²) in [7, 11) is 0. The van der Waals surface area contributed by atoms with Gasteiger partial charge < -0.3 is 0 Å². The lowest BCUT2D eigenvalue weighted by molar-refractivity contribution is 0.481. The molecule has 0 saturated heterocycles. The van der Waals surface area contributed by atoms with Crippen molar-refractivity contribution in [2.24, 2.45) is 5.84 Å².